The highest BCUT2D eigenvalue weighted by atomic mass is 35.5. The van der Waals surface area contributed by atoms with E-state index >= 15 is 0 Å². The second-order valence-corrected chi connectivity index (χ2v) is 2.58. The summed E-state index contributed by atoms with van der Waals surface area (Å²) < 4.78 is 0. The van der Waals surface area contributed by atoms with Gasteiger partial charge in [-0.05, 0) is 12.1 Å². The van der Waals surface area contributed by atoms with Crippen LogP contribution in [0.1, 0.15) is 18.5 Å². The zero-order valence-corrected chi connectivity index (χ0v) is 8.38. The van der Waals surface area contributed by atoms with Gasteiger partial charge in [-0.2, -0.15) is 0 Å². The molecule has 1 atom stereocenters. The number of hydrogen-bond acceptors (Lipinski definition) is 2. The third-order valence-electron chi connectivity index (χ3n) is 1.72. The Labute approximate surface area is 84.8 Å². The summed E-state index contributed by atoms with van der Waals surface area (Å²) in [7, 11) is 0. The van der Waals surface area contributed by atoms with Gasteiger partial charge in [0, 0.05) is 0 Å². The Morgan fingerprint density at radius 3 is 2.46 bits per heavy atom. The molecular weight excluding hydrogens is 186 g/mol. The molecule has 0 aliphatic rings. The summed E-state index contributed by atoms with van der Waals surface area (Å²) in [6.45, 7) is 2.79. The van der Waals surface area contributed by atoms with Crippen molar-refractivity contribution in [3.8, 4) is 0 Å². The molecule has 0 heterocycles. The number of halogens is 1. The number of rotatable bonds is 4. The molecule has 1 aromatic carbocycles. The zero-order valence-electron chi connectivity index (χ0n) is 7.57. The molecule has 0 radical (unpaired) electrons. The number of carbonyl (C=O) groups excluding carboxylic acids is 1. The van der Waals surface area contributed by atoms with Gasteiger partial charge < -0.3 is 10.1 Å². The van der Waals surface area contributed by atoms with Crippen LogP contribution in [-0.4, -0.2) is 12.8 Å². The Bertz CT molecular complexity index is 238. The van der Waals surface area contributed by atoms with Crippen molar-refractivity contribution in [2.24, 2.45) is 0 Å². The van der Waals surface area contributed by atoms with Crippen molar-refractivity contribution in [1.29, 1.82) is 0 Å². The lowest BCUT2D eigenvalue weighted by molar-refractivity contribution is -0.109. The molecular formula is C10H14ClNO. The maximum Gasteiger partial charge on any atom is 0.141 e. The molecule has 72 valence electrons. The van der Waals surface area contributed by atoms with Crippen LogP contribution >= 0.6 is 12.4 Å². The first-order chi connectivity index (χ1) is 5.88. The van der Waals surface area contributed by atoms with Crippen molar-refractivity contribution in [1.82, 2.24) is 5.32 Å². The summed E-state index contributed by atoms with van der Waals surface area (Å²) in [6.07, 6.45) is 0.929. The number of aldehydes is 1. The SMILES string of the molecule is CCN[C@H](C=O)c1ccccc1.Cl. The van der Waals surface area contributed by atoms with E-state index in [0.717, 1.165) is 18.4 Å². The minimum atomic E-state index is -0.156. The topological polar surface area (TPSA) is 29.1 Å². The second kappa shape index (κ2) is 6.63. The molecule has 0 unspecified atom stereocenters. The molecule has 0 spiro atoms. The largest absolute Gasteiger partial charge is 0.304 e. The molecule has 0 saturated carbocycles. The first-order valence-corrected chi connectivity index (χ1v) is 4.12. The molecule has 0 amide bonds. The van der Waals surface area contributed by atoms with Crippen LogP contribution in [0.3, 0.4) is 0 Å². The van der Waals surface area contributed by atoms with Crippen LogP contribution in [0, 0.1) is 0 Å². The fraction of sp³-hybridized carbons (Fsp3) is 0.300. The highest BCUT2D eigenvalue weighted by Crippen LogP contribution is 2.08. The molecule has 2 nitrogen and oxygen atoms in total. The van der Waals surface area contributed by atoms with Crippen molar-refractivity contribution in [3.05, 3.63) is 35.9 Å². The Morgan fingerprint density at radius 2 is 2.00 bits per heavy atom. The van der Waals surface area contributed by atoms with E-state index in [9.17, 15) is 4.79 Å². The van der Waals surface area contributed by atoms with E-state index in [0.29, 0.717) is 0 Å². The predicted octanol–water partition coefficient (Wildman–Crippen LogP) is 1.96. The van der Waals surface area contributed by atoms with Crippen LogP contribution in [0.25, 0.3) is 0 Å². The summed E-state index contributed by atoms with van der Waals surface area (Å²) >= 11 is 0. The highest BCUT2D eigenvalue weighted by molar-refractivity contribution is 5.85. The van der Waals surface area contributed by atoms with Crippen molar-refractivity contribution in [2.45, 2.75) is 13.0 Å². The van der Waals surface area contributed by atoms with Crippen LogP contribution in [0.15, 0.2) is 30.3 Å². The summed E-state index contributed by atoms with van der Waals surface area (Å²) in [4.78, 5) is 10.6. The lowest BCUT2D eigenvalue weighted by Gasteiger charge is -2.10. The summed E-state index contributed by atoms with van der Waals surface area (Å²) in [5, 5.41) is 3.08. The summed E-state index contributed by atoms with van der Waals surface area (Å²) in [5.41, 5.74) is 1.02. The van der Waals surface area contributed by atoms with Crippen molar-refractivity contribution >= 4 is 18.7 Å². The fourth-order valence-electron chi connectivity index (χ4n) is 1.12. The van der Waals surface area contributed by atoms with Gasteiger partial charge in [-0.15, -0.1) is 12.4 Å². The number of hydrogen-bond donors (Lipinski definition) is 1. The van der Waals surface area contributed by atoms with Gasteiger partial charge in [-0.1, -0.05) is 37.3 Å². The van der Waals surface area contributed by atoms with Gasteiger partial charge in [0.2, 0.25) is 0 Å². The van der Waals surface area contributed by atoms with Gasteiger partial charge in [0.05, 0.1) is 6.04 Å². The maximum atomic E-state index is 10.6. The van der Waals surface area contributed by atoms with E-state index in [4.69, 9.17) is 0 Å². The quantitative estimate of drug-likeness (QED) is 0.752. The van der Waals surface area contributed by atoms with Gasteiger partial charge in [-0.25, -0.2) is 0 Å². The molecule has 3 heteroatoms. The Balaban J connectivity index is 0.00000144. The van der Waals surface area contributed by atoms with E-state index in [1.807, 2.05) is 37.3 Å². The first-order valence-electron chi connectivity index (χ1n) is 4.12. The molecule has 0 aliphatic heterocycles. The summed E-state index contributed by atoms with van der Waals surface area (Å²) in [6, 6.07) is 9.55. The van der Waals surface area contributed by atoms with E-state index in [1.165, 1.54) is 0 Å². The molecule has 1 rings (SSSR count). The molecule has 0 bridgehead atoms. The third kappa shape index (κ3) is 3.57. The second-order valence-electron chi connectivity index (χ2n) is 2.58. The van der Waals surface area contributed by atoms with Gasteiger partial charge in [0.25, 0.3) is 0 Å². The number of benzene rings is 1. The van der Waals surface area contributed by atoms with Crippen molar-refractivity contribution in [3.63, 3.8) is 0 Å². The minimum Gasteiger partial charge on any atom is -0.304 e. The maximum absolute atomic E-state index is 10.6. The Kier molecular flexibility index (Phi) is 6.20. The molecule has 0 fully saturated rings. The first kappa shape index (κ1) is 12.1. The van der Waals surface area contributed by atoms with E-state index in [1.54, 1.807) is 0 Å². The zero-order chi connectivity index (χ0) is 8.81. The monoisotopic (exact) mass is 199 g/mol. The smallest absolute Gasteiger partial charge is 0.141 e. The van der Waals surface area contributed by atoms with Gasteiger partial charge in [0.1, 0.15) is 6.29 Å². The Hall–Kier alpha value is -0.860. The average Bonchev–Trinajstić information content (AvgIpc) is 2.15. The molecule has 13 heavy (non-hydrogen) atoms. The van der Waals surface area contributed by atoms with Crippen molar-refractivity contribution in [2.75, 3.05) is 6.54 Å². The molecule has 0 saturated heterocycles. The lowest BCUT2D eigenvalue weighted by atomic mass is 10.1. The molecule has 1 aromatic rings. The number of carbonyl (C=O) groups is 1. The predicted molar refractivity (Wildman–Crippen MR) is 56.2 cm³/mol. The van der Waals surface area contributed by atoms with E-state index < -0.39 is 0 Å². The number of likely N-dealkylation sites (N-methyl/N-ethyl adjacent to an activating group) is 1. The van der Waals surface area contributed by atoms with Crippen LogP contribution < -0.4 is 5.32 Å². The lowest BCUT2D eigenvalue weighted by Crippen LogP contribution is -2.21. The van der Waals surface area contributed by atoms with E-state index in [-0.39, 0.29) is 18.4 Å². The number of nitrogens with one attached hydrogen (secondary N) is 1. The van der Waals surface area contributed by atoms with Gasteiger partial charge >= 0.3 is 0 Å². The van der Waals surface area contributed by atoms with Gasteiger partial charge in [-0.3, -0.25) is 0 Å². The average molecular weight is 200 g/mol. The van der Waals surface area contributed by atoms with Crippen molar-refractivity contribution < 1.29 is 4.79 Å². The molecule has 0 aromatic heterocycles. The Morgan fingerprint density at radius 1 is 1.38 bits per heavy atom. The van der Waals surface area contributed by atoms with Crippen LogP contribution in [-0.2, 0) is 4.79 Å². The standard InChI is InChI=1S/C10H13NO.ClH/c1-2-11-10(8-12)9-6-4-3-5-7-9;/h3-8,10-11H,2H2,1H3;1H/t10-;/m1./s1. The highest BCUT2D eigenvalue weighted by Gasteiger charge is 2.05. The van der Waals surface area contributed by atoms with Gasteiger partial charge in [0.15, 0.2) is 0 Å². The van der Waals surface area contributed by atoms with Crippen LogP contribution in [0.2, 0.25) is 0 Å². The van der Waals surface area contributed by atoms with E-state index in [2.05, 4.69) is 5.32 Å². The minimum absolute atomic E-state index is 0. The summed E-state index contributed by atoms with van der Waals surface area (Å²) in [5.74, 6) is 0. The third-order valence-corrected chi connectivity index (χ3v) is 1.72. The molecule has 1 N–H and O–H groups in total. The van der Waals surface area contributed by atoms with Crippen LogP contribution in [0.4, 0.5) is 0 Å². The fourth-order valence-corrected chi connectivity index (χ4v) is 1.12. The molecule has 0 aliphatic carbocycles. The normalized spacial score (nSPS) is 11.5. The van der Waals surface area contributed by atoms with Crippen LogP contribution in [0.5, 0.6) is 0 Å².